The molecule has 0 unspecified atom stereocenters. The Hall–Kier alpha value is -1.85. The van der Waals surface area contributed by atoms with Gasteiger partial charge in [0.25, 0.3) is 13.1 Å². The predicted molar refractivity (Wildman–Crippen MR) is 104 cm³/mol. The van der Waals surface area contributed by atoms with Crippen molar-refractivity contribution in [3.05, 3.63) is 33.1 Å². The maximum atomic E-state index is 15.1. The molecule has 0 aliphatic carbocycles. The topological polar surface area (TPSA) is 149 Å². The van der Waals surface area contributed by atoms with Gasteiger partial charge in [0.2, 0.25) is 0 Å². The zero-order valence-electron chi connectivity index (χ0n) is 17.3. The second-order valence-corrected chi connectivity index (χ2v) is 9.83. The minimum Gasteiger partial charge on any atom is -0.462 e. The van der Waals surface area contributed by atoms with Crippen LogP contribution in [0.1, 0.15) is 33.9 Å². The van der Waals surface area contributed by atoms with E-state index in [1.807, 2.05) is 4.98 Å². The fourth-order valence-electron chi connectivity index (χ4n) is 2.95. The minimum absolute atomic E-state index is 0.351. The van der Waals surface area contributed by atoms with Crippen molar-refractivity contribution in [1.29, 1.82) is 0 Å². The number of aromatic nitrogens is 2. The molecule has 0 saturated carbocycles. The quantitative estimate of drug-likeness (QED) is 0.374. The van der Waals surface area contributed by atoms with Crippen molar-refractivity contribution < 1.29 is 32.9 Å². The average molecular weight is 451 g/mol. The molecule has 2 heterocycles. The molecule has 0 amide bonds. The molecule has 1 aliphatic rings. The zero-order chi connectivity index (χ0) is 22.9. The number of aliphatic hydroxyl groups is 1. The molecule has 0 aromatic carbocycles. The number of nitrogens with zero attached hydrogens (tertiary/aromatic N) is 1. The second-order valence-electron chi connectivity index (χ2n) is 7.62. The van der Waals surface area contributed by atoms with Gasteiger partial charge in [-0.05, 0) is 27.7 Å². The predicted octanol–water partition coefficient (Wildman–Crippen LogP) is 0.292. The Balaban J connectivity index is 2.06. The van der Waals surface area contributed by atoms with Crippen molar-refractivity contribution in [2.45, 2.75) is 63.9 Å². The molecular weight excluding hydrogens is 424 g/mol. The van der Waals surface area contributed by atoms with Crippen molar-refractivity contribution in [3.8, 4) is 0 Å². The van der Waals surface area contributed by atoms with Crippen LogP contribution in [0.4, 0.5) is 4.39 Å². The molecule has 0 spiro atoms. The van der Waals surface area contributed by atoms with E-state index in [-0.39, 0.29) is 6.10 Å². The largest absolute Gasteiger partial charge is 0.462 e. The van der Waals surface area contributed by atoms with E-state index in [9.17, 15) is 24.1 Å². The maximum Gasteiger partial charge on any atom is 0.330 e. The molecule has 1 fully saturated rings. The van der Waals surface area contributed by atoms with Gasteiger partial charge in [-0.1, -0.05) is 0 Å². The Morgan fingerprint density at radius 3 is 2.67 bits per heavy atom. The standard InChI is InChI=1S/C17H27FN3O8P/c1-9(2)28-14(24)10(3)20-30(5,26)27-8-11-13(23)17(4,18)15(29-11)21-7-6-12(22)19-16(21)25/h6-7,9-11,13,15,23H,8H2,1-5H3,(H,20,26)(H,19,22,25)/t10-,11+,13+,15+,17+,30-/m0/s1. The molecule has 1 aromatic rings. The summed E-state index contributed by atoms with van der Waals surface area (Å²) in [6.45, 7) is 6.55. The number of carbonyl (C=O) groups excluding carboxylic acids is 1. The van der Waals surface area contributed by atoms with Gasteiger partial charge < -0.3 is 19.1 Å². The number of hydrogen-bond donors (Lipinski definition) is 3. The third kappa shape index (κ3) is 5.64. The number of nitrogens with one attached hydrogen (secondary N) is 2. The van der Waals surface area contributed by atoms with Crippen molar-refractivity contribution >= 4 is 13.5 Å². The first kappa shape index (κ1) is 24.4. The molecule has 1 aromatic heterocycles. The molecule has 30 heavy (non-hydrogen) atoms. The van der Waals surface area contributed by atoms with Crippen molar-refractivity contribution in [2.75, 3.05) is 13.3 Å². The highest BCUT2D eigenvalue weighted by Gasteiger charge is 2.55. The van der Waals surface area contributed by atoms with Crippen LogP contribution in [0.2, 0.25) is 0 Å². The van der Waals surface area contributed by atoms with E-state index in [0.717, 1.165) is 23.8 Å². The van der Waals surface area contributed by atoms with Gasteiger partial charge in [-0.25, -0.2) is 14.3 Å². The molecule has 13 heteroatoms. The van der Waals surface area contributed by atoms with Crippen LogP contribution in [0.5, 0.6) is 0 Å². The third-order valence-corrected chi connectivity index (χ3v) is 5.94. The average Bonchev–Trinajstić information content (AvgIpc) is 2.82. The number of halogens is 1. The first-order chi connectivity index (χ1) is 13.7. The van der Waals surface area contributed by atoms with Crippen LogP contribution in [0.3, 0.4) is 0 Å². The number of esters is 1. The van der Waals surface area contributed by atoms with Crippen molar-refractivity contribution in [3.63, 3.8) is 0 Å². The molecule has 11 nitrogen and oxygen atoms in total. The number of hydrogen-bond acceptors (Lipinski definition) is 8. The summed E-state index contributed by atoms with van der Waals surface area (Å²) in [5, 5.41) is 12.8. The van der Waals surface area contributed by atoms with E-state index in [4.69, 9.17) is 14.0 Å². The summed E-state index contributed by atoms with van der Waals surface area (Å²) in [6.07, 6.45) is -3.83. The first-order valence-corrected chi connectivity index (χ1v) is 11.4. The monoisotopic (exact) mass is 451 g/mol. The maximum absolute atomic E-state index is 15.1. The molecule has 1 aliphatic heterocycles. The van der Waals surface area contributed by atoms with Gasteiger partial charge in [0.05, 0.1) is 12.7 Å². The van der Waals surface area contributed by atoms with Crippen LogP contribution < -0.4 is 16.3 Å². The van der Waals surface area contributed by atoms with Crippen molar-refractivity contribution in [2.24, 2.45) is 0 Å². The first-order valence-electron chi connectivity index (χ1n) is 9.29. The van der Waals surface area contributed by atoms with Gasteiger partial charge in [-0.2, -0.15) is 0 Å². The van der Waals surface area contributed by atoms with E-state index >= 15 is 4.39 Å². The number of carbonyl (C=O) groups is 1. The lowest BCUT2D eigenvalue weighted by molar-refractivity contribution is -0.149. The van der Waals surface area contributed by atoms with E-state index in [1.165, 1.54) is 13.6 Å². The Labute approximate surface area is 172 Å². The highest BCUT2D eigenvalue weighted by molar-refractivity contribution is 7.56. The number of rotatable bonds is 8. The number of H-pyrrole nitrogens is 1. The fraction of sp³-hybridized carbons (Fsp3) is 0.706. The van der Waals surface area contributed by atoms with Gasteiger partial charge >= 0.3 is 11.7 Å². The highest BCUT2D eigenvalue weighted by atomic mass is 31.2. The molecule has 0 radical (unpaired) electrons. The highest BCUT2D eigenvalue weighted by Crippen LogP contribution is 2.44. The Morgan fingerprint density at radius 1 is 1.47 bits per heavy atom. The normalized spacial score (nSPS) is 29.5. The Bertz CT molecular complexity index is 930. The van der Waals surface area contributed by atoms with Gasteiger partial charge in [0.1, 0.15) is 18.2 Å². The Morgan fingerprint density at radius 2 is 2.10 bits per heavy atom. The molecular formula is C17H27FN3O8P. The lowest BCUT2D eigenvalue weighted by Gasteiger charge is -2.24. The number of ether oxygens (including phenoxy) is 2. The van der Waals surface area contributed by atoms with Crippen LogP contribution in [-0.4, -0.2) is 63.9 Å². The van der Waals surface area contributed by atoms with E-state index in [1.54, 1.807) is 13.8 Å². The number of alkyl halides is 1. The summed E-state index contributed by atoms with van der Waals surface area (Å²) >= 11 is 0. The smallest absolute Gasteiger partial charge is 0.330 e. The summed E-state index contributed by atoms with van der Waals surface area (Å²) in [6, 6.07) is 0.0790. The SMILES string of the molecule is CC(C)OC(=O)[C@H](C)N[P@@](C)(=O)OC[C@H]1O[C@@H](n2ccc(=O)[nH]c2=O)[C@](C)(F)[C@@H]1O. The fourth-order valence-corrected chi connectivity index (χ4v) is 4.27. The second kappa shape index (κ2) is 9.11. The van der Waals surface area contributed by atoms with Crippen LogP contribution in [0.25, 0.3) is 0 Å². The molecule has 2 rings (SSSR count). The van der Waals surface area contributed by atoms with Gasteiger partial charge in [-0.15, -0.1) is 0 Å². The van der Waals surface area contributed by atoms with Crippen LogP contribution >= 0.6 is 7.52 Å². The summed E-state index contributed by atoms with van der Waals surface area (Å²) in [5.74, 6) is -0.623. The summed E-state index contributed by atoms with van der Waals surface area (Å²) < 4.78 is 44.3. The van der Waals surface area contributed by atoms with Crippen LogP contribution in [0.15, 0.2) is 21.9 Å². The lowest BCUT2D eigenvalue weighted by Crippen LogP contribution is -2.43. The van der Waals surface area contributed by atoms with Gasteiger partial charge in [0.15, 0.2) is 11.9 Å². The van der Waals surface area contributed by atoms with Gasteiger partial charge in [0, 0.05) is 18.9 Å². The summed E-state index contributed by atoms with van der Waals surface area (Å²) in [7, 11) is -3.55. The third-order valence-electron chi connectivity index (χ3n) is 4.44. The number of aliphatic hydroxyl groups excluding tert-OH is 1. The minimum atomic E-state index is -3.55. The molecule has 3 N–H and O–H groups in total. The Kier molecular flexibility index (Phi) is 7.41. The van der Waals surface area contributed by atoms with Crippen LogP contribution in [-0.2, 0) is 23.4 Å². The van der Waals surface area contributed by atoms with E-state index < -0.39 is 61.5 Å². The van der Waals surface area contributed by atoms with Crippen molar-refractivity contribution in [1.82, 2.24) is 14.6 Å². The molecule has 170 valence electrons. The molecule has 0 bridgehead atoms. The van der Waals surface area contributed by atoms with E-state index in [2.05, 4.69) is 5.09 Å². The summed E-state index contributed by atoms with van der Waals surface area (Å²) in [5.41, 5.74) is -3.99. The van der Waals surface area contributed by atoms with E-state index in [0.29, 0.717) is 0 Å². The lowest BCUT2D eigenvalue weighted by atomic mass is 9.98. The molecule has 6 atom stereocenters. The van der Waals surface area contributed by atoms with Gasteiger partial charge in [-0.3, -0.25) is 23.7 Å². The van der Waals surface area contributed by atoms with Crippen LogP contribution in [0, 0.1) is 0 Å². The zero-order valence-corrected chi connectivity index (χ0v) is 18.2. The number of aromatic amines is 1. The summed E-state index contributed by atoms with van der Waals surface area (Å²) in [4.78, 5) is 37.0. The molecule has 1 saturated heterocycles.